The molecule has 0 spiro atoms. The van der Waals surface area contributed by atoms with E-state index in [0.29, 0.717) is 24.3 Å². The van der Waals surface area contributed by atoms with Gasteiger partial charge in [-0.25, -0.2) is 9.37 Å². The second-order valence-electron chi connectivity index (χ2n) is 6.76. The minimum Gasteiger partial charge on any atom is -0.343 e. The van der Waals surface area contributed by atoms with Gasteiger partial charge in [0.1, 0.15) is 5.82 Å². The van der Waals surface area contributed by atoms with E-state index >= 15 is 0 Å². The number of benzene rings is 1. The Morgan fingerprint density at radius 1 is 1.19 bits per heavy atom. The van der Waals surface area contributed by atoms with Crippen molar-refractivity contribution in [3.05, 3.63) is 59.7 Å². The van der Waals surface area contributed by atoms with Gasteiger partial charge in [0.2, 0.25) is 5.91 Å². The van der Waals surface area contributed by atoms with Gasteiger partial charge in [-0.2, -0.15) is 5.10 Å². The molecule has 0 radical (unpaired) electrons. The molecule has 6 heteroatoms. The maximum Gasteiger partial charge on any atom is 0.222 e. The second-order valence-corrected chi connectivity index (χ2v) is 6.76. The van der Waals surface area contributed by atoms with Gasteiger partial charge in [0.25, 0.3) is 0 Å². The number of amides is 1. The molecular formula is C20H21FN4O. The van der Waals surface area contributed by atoms with Crippen LogP contribution in [0.4, 0.5) is 4.39 Å². The van der Waals surface area contributed by atoms with Crippen LogP contribution in [0.25, 0.3) is 11.0 Å². The number of likely N-dealkylation sites (tertiary alicyclic amines) is 1. The van der Waals surface area contributed by atoms with E-state index in [1.165, 1.54) is 6.07 Å². The molecule has 1 amide bonds. The van der Waals surface area contributed by atoms with Gasteiger partial charge in [-0.15, -0.1) is 0 Å². The van der Waals surface area contributed by atoms with Crippen molar-refractivity contribution in [2.24, 2.45) is 0 Å². The van der Waals surface area contributed by atoms with Crippen molar-refractivity contribution < 1.29 is 9.18 Å². The summed E-state index contributed by atoms with van der Waals surface area (Å²) in [4.78, 5) is 18.6. The molecule has 0 bridgehead atoms. The summed E-state index contributed by atoms with van der Waals surface area (Å²) in [6.45, 7) is 1.45. The quantitative estimate of drug-likeness (QED) is 0.782. The van der Waals surface area contributed by atoms with E-state index in [0.717, 1.165) is 42.7 Å². The highest BCUT2D eigenvalue weighted by Crippen LogP contribution is 2.31. The van der Waals surface area contributed by atoms with Crippen LogP contribution in [0, 0.1) is 5.82 Å². The minimum absolute atomic E-state index is 0.0999. The number of pyridine rings is 1. The summed E-state index contributed by atoms with van der Waals surface area (Å²) in [5.41, 5.74) is 2.46. The van der Waals surface area contributed by atoms with Crippen LogP contribution in [0.1, 0.15) is 36.4 Å². The summed E-state index contributed by atoms with van der Waals surface area (Å²) in [6.07, 6.45) is 4.34. The van der Waals surface area contributed by atoms with E-state index in [-0.39, 0.29) is 11.7 Å². The molecular weight excluding hydrogens is 331 g/mol. The predicted molar refractivity (Wildman–Crippen MR) is 97.2 cm³/mol. The average molecular weight is 352 g/mol. The first-order valence-corrected chi connectivity index (χ1v) is 9.02. The van der Waals surface area contributed by atoms with Crippen molar-refractivity contribution in [1.82, 2.24) is 20.1 Å². The SMILES string of the molecule is O=C(CCc1ccccc1F)N1CCC(c2[nH]nc3ncccc23)CC1. The summed E-state index contributed by atoms with van der Waals surface area (Å²) in [5, 5.41) is 8.46. The number of carbonyl (C=O) groups excluding carboxylic acids is 1. The van der Waals surface area contributed by atoms with Crippen LogP contribution >= 0.6 is 0 Å². The molecule has 1 aromatic carbocycles. The molecule has 0 aliphatic carbocycles. The van der Waals surface area contributed by atoms with Crippen LogP contribution in [-0.4, -0.2) is 39.1 Å². The van der Waals surface area contributed by atoms with E-state index in [2.05, 4.69) is 15.2 Å². The zero-order valence-corrected chi connectivity index (χ0v) is 14.5. The highest BCUT2D eigenvalue weighted by atomic mass is 19.1. The summed E-state index contributed by atoms with van der Waals surface area (Å²) in [5.74, 6) is 0.224. The third-order valence-corrected chi connectivity index (χ3v) is 5.18. The summed E-state index contributed by atoms with van der Waals surface area (Å²) in [6, 6.07) is 10.6. The van der Waals surface area contributed by atoms with Crippen molar-refractivity contribution in [2.45, 2.75) is 31.6 Å². The Bertz CT molecular complexity index is 915. The van der Waals surface area contributed by atoms with Crippen LogP contribution in [0.2, 0.25) is 0 Å². The molecule has 1 aliphatic rings. The molecule has 1 N–H and O–H groups in total. The lowest BCUT2D eigenvalue weighted by atomic mass is 9.92. The Balaban J connectivity index is 1.34. The number of nitrogens with one attached hydrogen (secondary N) is 1. The number of H-pyrrole nitrogens is 1. The van der Waals surface area contributed by atoms with E-state index in [4.69, 9.17) is 0 Å². The molecule has 1 aliphatic heterocycles. The van der Waals surface area contributed by atoms with Gasteiger partial charge in [-0.05, 0) is 43.0 Å². The van der Waals surface area contributed by atoms with Gasteiger partial charge in [0.05, 0.1) is 0 Å². The monoisotopic (exact) mass is 352 g/mol. The summed E-state index contributed by atoms with van der Waals surface area (Å²) < 4.78 is 13.7. The van der Waals surface area contributed by atoms with E-state index in [1.807, 2.05) is 17.0 Å². The van der Waals surface area contributed by atoms with Gasteiger partial charge in [-0.3, -0.25) is 9.89 Å². The third kappa shape index (κ3) is 3.31. The van der Waals surface area contributed by atoms with E-state index < -0.39 is 0 Å². The van der Waals surface area contributed by atoms with Crippen molar-refractivity contribution in [3.8, 4) is 0 Å². The topological polar surface area (TPSA) is 61.9 Å². The first kappa shape index (κ1) is 16.7. The van der Waals surface area contributed by atoms with E-state index in [1.54, 1.807) is 24.4 Å². The molecule has 2 aromatic heterocycles. The zero-order chi connectivity index (χ0) is 17.9. The lowest BCUT2D eigenvalue weighted by Crippen LogP contribution is -2.38. The maximum atomic E-state index is 13.7. The molecule has 1 fully saturated rings. The Kier molecular flexibility index (Phi) is 4.65. The molecule has 4 rings (SSSR count). The molecule has 0 unspecified atom stereocenters. The highest BCUT2D eigenvalue weighted by Gasteiger charge is 2.26. The van der Waals surface area contributed by atoms with Crippen molar-refractivity contribution >= 4 is 16.9 Å². The lowest BCUT2D eigenvalue weighted by Gasteiger charge is -2.31. The largest absolute Gasteiger partial charge is 0.343 e. The number of carbonyl (C=O) groups is 1. The number of rotatable bonds is 4. The number of nitrogens with zero attached hydrogens (tertiary/aromatic N) is 3. The maximum absolute atomic E-state index is 13.7. The Morgan fingerprint density at radius 2 is 2.00 bits per heavy atom. The van der Waals surface area contributed by atoms with Crippen molar-refractivity contribution in [1.29, 1.82) is 0 Å². The van der Waals surface area contributed by atoms with Gasteiger partial charge in [-0.1, -0.05) is 18.2 Å². The van der Waals surface area contributed by atoms with Crippen LogP contribution in [-0.2, 0) is 11.2 Å². The van der Waals surface area contributed by atoms with Gasteiger partial charge >= 0.3 is 0 Å². The Morgan fingerprint density at radius 3 is 2.81 bits per heavy atom. The van der Waals surface area contributed by atoms with Gasteiger partial charge in [0.15, 0.2) is 5.65 Å². The standard InChI is InChI=1S/C20H21FN4O/c21-17-6-2-1-4-14(17)7-8-18(26)25-12-9-15(10-13-25)19-16-5-3-11-22-20(16)24-23-19/h1-6,11,15H,7-10,12-13H2,(H,22,23,24). The molecule has 1 saturated heterocycles. The first-order valence-electron chi connectivity index (χ1n) is 9.02. The highest BCUT2D eigenvalue weighted by molar-refractivity contribution is 5.78. The number of piperidine rings is 1. The number of aryl methyl sites for hydroxylation is 1. The lowest BCUT2D eigenvalue weighted by molar-refractivity contribution is -0.132. The number of fused-ring (bicyclic) bond motifs is 1. The molecule has 3 aromatic rings. The smallest absolute Gasteiger partial charge is 0.222 e. The Hall–Kier alpha value is -2.76. The fourth-order valence-electron chi connectivity index (χ4n) is 3.70. The van der Waals surface area contributed by atoms with Crippen molar-refractivity contribution in [2.75, 3.05) is 13.1 Å². The van der Waals surface area contributed by atoms with Crippen molar-refractivity contribution in [3.63, 3.8) is 0 Å². The molecule has 0 atom stereocenters. The van der Waals surface area contributed by atoms with Gasteiger partial charge in [0, 0.05) is 42.7 Å². The number of hydrogen-bond donors (Lipinski definition) is 1. The second kappa shape index (κ2) is 7.23. The normalized spacial score (nSPS) is 15.5. The molecule has 5 nitrogen and oxygen atoms in total. The zero-order valence-electron chi connectivity index (χ0n) is 14.5. The minimum atomic E-state index is -0.237. The van der Waals surface area contributed by atoms with Crippen LogP contribution in [0.3, 0.4) is 0 Å². The Labute approximate surface area is 151 Å². The summed E-state index contributed by atoms with van der Waals surface area (Å²) in [7, 11) is 0. The predicted octanol–water partition coefficient (Wildman–Crippen LogP) is 3.44. The van der Waals surface area contributed by atoms with Crippen LogP contribution in [0.15, 0.2) is 42.6 Å². The molecule has 26 heavy (non-hydrogen) atoms. The molecule has 134 valence electrons. The fraction of sp³-hybridized carbons (Fsp3) is 0.350. The number of halogens is 1. The van der Waals surface area contributed by atoms with Crippen LogP contribution in [0.5, 0.6) is 0 Å². The number of aromatic amines is 1. The van der Waals surface area contributed by atoms with Gasteiger partial charge < -0.3 is 4.90 Å². The molecule has 3 heterocycles. The fourth-order valence-corrected chi connectivity index (χ4v) is 3.70. The van der Waals surface area contributed by atoms with E-state index in [9.17, 15) is 9.18 Å². The van der Waals surface area contributed by atoms with Crippen LogP contribution < -0.4 is 0 Å². The summed E-state index contributed by atoms with van der Waals surface area (Å²) >= 11 is 0. The molecule has 0 saturated carbocycles. The first-order chi connectivity index (χ1) is 12.7. The number of hydrogen-bond acceptors (Lipinski definition) is 3. The average Bonchev–Trinajstić information content (AvgIpc) is 3.11. The third-order valence-electron chi connectivity index (χ3n) is 5.18. The number of aromatic nitrogens is 3.